The molecule has 1 aromatic heterocycles. The molecule has 1 atom stereocenters. The molecule has 0 radical (unpaired) electrons. The Morgan fingerprint density at radius 3 is 2.44 bits per heavy atom. The standard InChI is InChI=1S/C21H17FN2O2S/c1-14-6-8-16(9-7-14)24-19(25)12-23(18-5-3-2-4-17(18)22)21(26)20(24)15-10-11-27-13-15/h2-11,13,20H,12H2,1H3/t20-/m0/s1. The quantitative estimate of drug-likeness (QED) is 0.679. The van der Waals surface area contributed by atoms with Gasteiger partial charge in [-0.15, -0.1) is 0 Å². The van der Waals surface area contributed by atoms with Gasteiger partial charge in [-0.25, -0.2) is 4.39 Å². The number of hydrogen-bond donors (Lipinski definition) is 0. The van der Waals surface area contributed by atoms with Gasteiger partial charge in [0.2, 0.25) is 5.91 Å². The first-order valence-electron chi connectivity index (χ1n) is 8.53. The van der Waals surface area contributed by atoms with Gasteiger partial charge in [-0.1, -0.05) is 29.8 Å². The van der Waals surface area contributed by atoms with Gasteiger partial charge in [0.15, 0.2) is 0 Å². The van der Waals surface area contributed by atoms with E-state index >= 15 is 0 Å². The van der Waals surface area contributed by atoms with Gasteiger partial charge in [0.25, 0.3) is 5.91 Å². The lowest BCUT2D eigenvalue weighted by Gasteiger charge is -2.40. The van der Waals surface area contributed by atoms with Crippen LogP contribution in [0, 0.1) is 12.7 Å². The lowest BCUT2D eigenvalue weighted by molar-refractivity contribution is -0.128. The van der Waals surface area contributed by atoms with Crippen LogP contribution in [0.5, 0.6) is 0 Å². The summed E-state index contributed by atoms with van der Waals surface area (Å²) in [7, 11) is 0. The Labute approximate surface area is 160 Å². The largest absolute Gasteiger partial charge is 0.298 e. The van der Waals surface area contributed by atoms with E-state index in [1.165, 1.54) is 33.3 Å². The van der Waals surface area contributed by atoms with Gasteiger partial charge in [-0.3, -0.25) is 19.4 Å². The maximum atomic E-state index is 14.3. The fourth-order valence-electron chi connectivity index (χ4n) is 3.29. The highest BCUT2D eigenvalue weighted by atomic mass is 32.1. The van der Waals surface area contributed by atoms with Crippen LogP contribution in [0.3, 0.4) is 0 Å². The van der Waals surface area contributed by atoms with E-state index in [4.69, 9.17) is 0 Å². The molecule has 2 heterocycles. The van der Waals surface area contributed by atoms with Crippen LogP contribution in [0.25, 0.3) is 0 Å². The van der Waals surface area contributed by atoms with E-state index in [2.05, 4.69) is 0 Å². The molecular formula is C21H17FN2O2S. The van der Waals surface area contributed by atoms with E-state index in [1.54, 1.807) is 12.1 Å². The first kappa shape index (κ1) is 17.4. The van der Waals surface area contributed by atoms with Crippen molar-refractivity contribution in [3.05, 3.63) is 82.3 Å². The molecule has 0 N–H and O–H groups in total. The molecule has 4 nitrogen and oxygen atoms in total. The Balaban J connectivity index is 1.80. The molecule has 2 amide bonds. The summed E-state index contributed by atoms with van der Waals surface area (Å²) in [4.78, 5) is 29.1. The normalized spacial score (nSPS) is 17.5. The third-order valence-corrected chi connectivity index (χ3v) is 5.34. The summed E-state index contributed by atoms with van der Waals surface area (Å²) in [6.07, 6.45) is 0. The summed E-state index contributed by atoms with van der Waals surface area (Å²) < 4.78 is 14.3. The number of piperazine rings is 1. The van der Waals surface area contributed by atoms with Gasteiger partial charge in [0.05, 0.1) is 5.69 Å². The number of nitrogens with zero attached hydrogens (tertiary/aromatic N) is 2. The molecular weight excluding hydrogens is 363 g/mol. The summed E-state index contributed by atoms with van der Waals surface area (Å²) in [5.41, 5.74) is 2.57. The van der Waals surface area contributed by atoms with Gasteiger partial charge in [-0.2, -0.15) is 11.3 Å². The zero-order valence-electron chi connectivity index (χ0n) is 14.6. The Morgan fingerprint density at radius 2 is 1.78 bits per heavy atom. The van der Waals surface area contributed by atoms with Crippen LogP contribution in [0.4, 0.5) is 15.8 Å². The van der Waals surface area contributed by atoms with Crippen molar-refractivity contribution in [2.45, 2.75) is 13.0 Å². The predicted octanol–water partition coefficient (Wildman–Crippen LogP) is 4.32. The molecule has 0 unspecified atom stereocenters. The minimum atomic E-state index is -0.820. The average molecular weight is 380 g/mol. The molecule has 136 valence electrons. The van der Waals surface area contributed by atoms with Gasteiger partial charge in [-0.05, 0) is 53.6 Å². The zero-order valence-corrected chi connectivity index (χ0v) is 15.4. The van der Waals surface area contributed by atoms with Crippen molar-refractivity contribution in [3.63, 3.8) is 0 Å². The molecule has 0 saturated carbocycles. The molecule has 1 aliphatic heterocycles. The van der Waals surface area contributed by atoms with E-state index in [-0.39, 0.29) is 24.0 Å². The number of hydrogen-bond acceptors (Lipinski definition) is 3. The number of aryl methyl sites for hydroxylation is 1. The summed E-state index contributed by atoms with van der Waals surface area (Å²) in [6, 6.07) is 14.5. The topological polar surface area (TPSA) is 40.6 Å². The number of halogens is 1. The van der Waals surface area contributed by atoms with Gasteiger partial charge < -0.3 is 0 Å². The highest BCUT2D eigenvalue weighted by Crippen LogP contribution is 2.36. The SMILES string of the molecule is Cc1ccc(N2C(=O)CN(c3ccccc3F)C(=O)[C@@H]2c2ccsc2)cc1. The van der Waals surface area contributed by atoms with Crippen molar-refractivity contribution >= 4 is 34.5 Å². The summed E-state index contributed by atoms with van der Waals surface area (Å²) in [5, 5.41) is 3.71. The molecule has 2 aromatic carbocycles. The minimum Gasteiger partial charge on any atom is -0.298 e. The number of anilines is 2. The first-order valence-corrected chi connectivity index (χ1v) is 9.47. The second kappa shape index (κ2) is 6.96. The summed E-state index contributed by atoms with van der Waals surface area (Å²) in [5.74, 6) is -1.09. The van der Waals surface area contributed by atoms with Crippen molar-refractivity contribution in [1.82, 2.24) is 0 Å². The molecule has 4 rings (SSSR count). The molecule has 0 aliphatic carbocycles. The van der Waals surface area contributed by atoms with Crippen molar-refractivity contribution in [3.8, 4) is 0 Å². The van der Waals surface area contributed by atoms with Gasteiger partial charge in [0.1, 0.15) is 18.4 Å². The number of rotatable bonds is 3. The van der Waals surface area contributed by atoms with E-state index in [0.29, 0.717) is 5.69 Å². The zero-order chi connectivity index (χ0) is 19.0. The van der Waals surface area contributed by atoms with E-state index in [1.807, 2.05) is 48.0 Å². The van der Waals surface area contributed by atoms with Gasteiger partial charge in [0, 0.05) is 5.69 Å². The average Bonchev–Trinajstić information content (AvgIpc) is 3.19. The number of para-hydroxylation sites is 1. The van der Waals surface area contributed by atoms with Crippen LogP contribution in [-0.2, 0) is 9.59 Å². The van der Waals surface area contributed by atoms with Crippen LogP contribution < -0.4 is 9.80 Å². The lowest BCUT2D eigenvalue weighted by Crippen LogP contribution is -2.56. The highest BCUT2D eigenvalue weighted by Gasteiger charge is 2.42. The second-order valence-corrected chi connectivity index (χ2v) is 7.21. The maximum Gasteiger partial charge on any atom is 0.255 e. The molecule has 1 aliphatic rings. The number of amides is 2. The molecule has 3 aromatic rings. The molecule has 1 saturated heterocycles. The van der Waals surface area contributed by atoms with Crippen molar-refractivity contribution in [2.24, 2.45) is 0 Å². The Kier molecular flexibility index (Phi) is 4.49. The number of thiophene rings is 1. The van der Waals surface area contributed by atoms with Crippen molar-refractivity contribution in [2.75, 3.05) is 16.3 Å². The first-order chi connectivity index (χ1) is 13.1. The Hall–Kier alpha value is -2.99. The number of carbonyl (C=O) groups is 2. The summed E-state index contributed by atoms with van der Waals surface area (Å²) in [6.45, 7) is 1.76. The third-order valence-electron chi connectivity index (χ3n) is 4.63. The van der Waals surface area contributed by atoms with Crippen LogP contribution in [0.1, 0.15) is 17.2 Å². The van der Waals surface area contributed by atoms with Crippen LogP contribution in [-0.4, -0.2) is 18.4 Å². The fraction of sp³-hybridized carbons (Fsp3) is 0.143. The summed E-state index contributed by atoms with van der Waals surface area (Å²) >= 11 is 1.45. The number of benzene rings is 2. The molecule has 6 heteroatoms. The molecule has 1 fully saturated rings. The van der Waals surface area contributed by atoms with Crippen LogP contribution in [0.15, 0.2) is 65.4 Å². The van der Waals surface area contributed by atoms with Crippen LogP contribution in [0.2, 0.25) is 0 Å². The Morgan fingerprint density at radius 1 is 1.04 bits per heavy atom. The highest BCUT2D eigenvalue weighted by molar-refractivity contribution is 7.08. The monoisotopic (exact) mass is 380 g/mol. The number of carbonyl (C=O) groups excluding carboxylic acids is 2. The molecule has 0 spiro atoms. The predicted molar refractivity (Wildman–Crippen MR) is 104 cm³/mol. The third kappa shape index (κ3) is 3.13. The molecule has 0 bridgehead atoms. The smallest absolute Gasteiger partial charge is 0.255 e. The maximum absolute atomic E-state index is 14.3. The lowest BCUT2D eigenvalue weighted by atomic mass is 10.0. The van der Waals surface area contributed by atoms with E-state index < -0.39 is 11.9 Å². The minimum absolute atomic E-state index is 0.125. The van der Waals surface area contributed by atoms with Crippen molar-refractivity contribution in [1.29, 1.82) is 0 Å². The fourth-order valence-corrected chi connectivity index (χ4v) is 3.97. The molecule has 27 heavy (non-hydrogen) atoms. The van der Waals surface area contributed by atoms with Crippen molar-refractivity contribution < 1.29 is 14.0 Å². The Bertz CT molecular complexity index is 986. The van der Waals surface area contributed by atoms with Crippen LogP contribution >= 0.6 is 11.3 Å². The van der Waals surface area contributed by atoms with E-state index in [9.17, 15) is 14.0 Å². The van der Waals surface area contributed by atoms with Gasteiger partial charge >= 0.3 is 0 Å². The van der Waals surface area contributed by atoms with E-state index in [0.717, 1.165) is 11.1 Å². The second-order valence-electron chi connectivity index (χ2n) is 6.43.